The first kappa shape index (κ1) is 10.3. The molecule has 0 saturated carbocycles. The molecule has 0 fully saturated rings. The molecule has 0 saturated heterocycles. The molecule has 2 N–H and O–H groups in total. The maximum atomic E-state index is 5.70. The number of allylic oxidation sites excluding steroid dienone is 1. The van der Waals surface area contributed by atoms with Gasteiger partial charge in [-0.3, -0.25) is 0 Å². The summed E-state index contributed by atoms with van der Waals surface area (Å²) >= 11 is 11.4. The monoisotopic (exact) mass is 217 g/mol. The minimum Gasteiger partial charge on any atom is -0.404 e. The molecular formula is C8H9Cl2N3. The molecular weight excluding hydrogens is 209 g/mol. The predicted octanol–water partition coefficient (Wildman–Crippen LogP) is 2.49. The molecule has 0 amide bonds. The number of hydrogen-bond donors (Lipinski definition) is 1. The molecule has 0 bridgehead atoms. The zero-order chi connectivity index (χ0) is 9.84. The van der Waals surface area contributed by atoms with Crippen LogP contribution in [-0.2, 0) is 0 Å². The van der Waals surface area contributed by atoms with E-state index >= 15 is 0 Å². The topological polar surface area (TPSA) is 51.8 Å². The first-order valence-electron chi connectivity index (χ1n) is 3.78. The van der Waals surface area contributed by atoms with E-state index in [9.17, 15) is 0 Å². The van der Waals surface area contributed by atoms with E-state index < -0.39 is 0 Å². The molecule has 70 valence electrons. The van der Waals surface area contributed by atoms with E-state index in [0.717, 1.165) is 12.0 Å². The Morgan fingerprint density at radius 1 is 1.46 bits per heavy atom. The van der Waals surface area contributed by atoms with Crippen LogP contribution in [0.15, 0.2) is 12.3 Å². The highest BCUT2D eigenvalue weighted by Gasteiger charge is 2.05. The van der Waals surface area contributed by atoms with Crippen LogP contribution < -0.4 is 5.73 Å². The van der Waals surface area contributed by atoms with Gasteiger partial charge in [-0.1, -0.05) is 30.1 Å². The van der Waals surface area contributed by atoms with Gasteiger partial charge in [-0.2, -0.15) is 0 Å². The van der Waals surface area contributed by atoms with Crippen molar-refractivity contribution in [2.45, 2.75) is 13.3 Å². The number of nitrogens with two attached hydrogens (primary N) is 1. The van der Waals surface area contributed by atoms with Crippen molar-refractivity contribution in [3.05, 3.63) is 28.4 Å². The van der Waals surface area contributed by atoms with Crippen molar-refractivity contribution in [2.24, 2.45) is 5.73 Å². The van der Waals surface area contributed by atoms with Crippen LogP contribution in [0.5, 0.6) is 0 Å². The fourth-order valence-electron chi connectivity index (χ4n) is 0.884. The van der Waals surface area contributed by atoms with Crippen molar-refractivity contribution in [1.29, 1.82) is 0 Å². The molecule has 13 heavy (non-hydrogen) atoms. The Kier molecular flexibility index (Phi) is 3.51. The first-order valence-corrected chi connectivity index (χ1v) is 4.54. The van der Waals surface area contributed by atoms with E-state index in [1.54, 1.807) is 0 Å². The quantitative estimate of drug-likeness (QED) is 0.775. The van der Waals surface area contributed by atoms with Crippen molar-refractivity contribution < 1.29 is 0 Å². The number of rotatable bonds is 2. The summed E-state index contributed by atoms with van der Waals surface area (Å²) in [6.45, 7) is 1.96. The lowest BCUT2D eigenvalue weighted by atomic mass is 10.2. The molecule has 5 heteroatoms. The average Bonchev–Trinajstić information content (AvgIpc) is 2.04. The average molecular weight is 218 g/mol. The second kappa shape index (κ2) is 4.44. The number of nitrogens with zero attached hydrogens (tertiary/aromatic N) is 2. The van der Waals surface area contributed by atoms with Gasteiger partial charge < -0.3 is 5.73 Å². The fourth-order valence-corrected chi connectivity index (χ4v) is 1.31. The third kappa shape index (κ3) is 2.57. The lowest BCUT2D eigenvalue weighted by Gasteiger charge is -2.02. The molecule has 1 rings (SSSR count). The highest BCUT2D eigenvalue weighted by Crippen LogP contribution is 2.18. The van der Waals surface area contributed by atoms with Crippen molar-refractivity contribution in [3.8, 4) is 0 Å². The van der Waals surface area contributed by atoms with Crippen LogP contribution in [0.25, 0.3) is 5.57 Å². The Labute approximate surface area is 86.6 Å². The SMILES string of the molecule is CC/C(=C/N)c1nc(Cl)cc(Cl)n1. The molecule has 0 radical (unpaired) electrons. The Balaban J connectivity index is 3.14. The summed E-state index contributed by atoms with van der Waals surface area (Å²) in [5.41, 5.74) is 6.21. The molecule has 0 aliphatic rings. The molecule has 0 atom stereocenters. The van der Waals surface area contributed by atoms with Crippen LogP contribution in [0.1, 0.15) is 19.2 Å². The number of aromatic nitrogens is 2. The van der Waals surface area contributed by atoms with E-state index in [-0.39, 0.29) is 0 Å². The van der Waals surface area contributed by atoms with Crippen LogP contribution in [-0.4, -0.2) is 9.97 Å². The van der Waals surface area contributed by atoms with E-state index in [0.29, 0.717) is 16.1 Å². The zero-order valence-corrected chi connectivity index (χ0v) is 8.60. The van der Waals surface area contributed by atoms with Gasteiger partial charge in [-0.15, -0.1) is 0 Å². The van der Waals surface area contributed by atoms with Crippen LogP contribution in [0.3, 0.4) is 0 Å². The van der Waals surface area contributed by atoms with Crippen LogP contribution in [0, 0.1) is 0 Å². The first-order chi connectivity index (χ1) is 6.17. The summed E-state index contributed by atoms with van der Waals surface area (Å²) in [4.78, 5) is 8.00. The summed E-state index contributed by atoms with van der Waals surface area (Å²) in [6.07, 6.45) is 2.20. The van der Waals surface area contributed by atoms with E-state index in [2.05, 4.69) is 9.97 Å². The van der Waals surface area contributed by atoms with Crippen molar-refractivity contribution in [3.63, 3.8) is 0 Å². The van der Waals surface area contributed by atoms with Gasteiger partial charge >= 0.3 is 0 Å². The van der Waals surface area contributed by atoms with Crippen LogP contribution >= 0.6 is 23.2 Å². The van der Waals surface area contributed by atoms with Gasteiger partial charge in [0.15, 0.2) is 5.82 Å². The third-order valence-corrected chi connectivity index (χ3v) is 1.92. The molecule has 0 aliphatic heterocycles. The van der Waals surface area contributed by atoms with E-state index in [1.165, 1.54) is 12.3 Å². The smallest absolute Gasteiger partial charge is 0.159 e. The van der Waals surface area contributed by atoms with Gasteiger partial charge in [0.1, 0.15) is 10.3 Å². The number of halogens is 2. The van der Waals surface area contributed by atoms with E-state index in [1.807, 2.05) is 6.92 Å². The fraction of sp³-hybridized carbons (Fsp3) is 0.250. The minimum atomic E-state index is 0.322. The maximum absolute atomic E-state index is 5.70. The normalized spacial score (nSPS) is 11.8. The summed E-state index contributed by atoms with van der Waals surface area (Å²) in [5.74, 6) is 0.488. The maximum Gasteiger partial charge on any atom is 0.159 e. The Morgan fingerprint density at radius 3 is 2.38 bits per heavy atom. The molecule has 0 spiro atoms. The Hall–Kier alpha value is -0.800. The molecule has 3 nitrogen and oxygen atoms in total. The van der Waals surface area contributed by atoms with Crippen molar-refractivity contribution in [2.75, 3.05) is 0 Å². The molecule has 1 heterocycles. The summed E-state index contributed by atoms with van der Waals surface area (Å²) in [7, 11) is 0. The largest absolute Gasteiger partial charge is 0.404 e. The second-order valence-electron chi connectivity index (χ2n) is 2.38. The van der Waals surface area contributed by atoms with Gasteiger partial charge in [-0.25, -0.2) is 9.97 Å². The van der Waals surface area contributed by atoms with Crippen molar-refractivity contribution in [1.82, 2.24) is 9.97 Å². The van der Waals surface area contributed by atoms with E-state index in [4.69, 9.17) is 28.9 Å². The molecule has 0 unspecified atom stereocenters. The van der Waals surface area contributed by atoms with Gasteiger partial charge in [0.2, 0.25) is 0 Å². The minimum absolute atomic E-state index is 0.322. The third-order valence-electron chi connectivity index (χ3n) is 1.53. The van der Waals surface area contributed by atoms with Crippen LogP contribution in [0.2, 0.25) is 10.3 Å². The second-order valence-corrected chi connectivity index (χ2v) is 3.16. The lowest BCUT2D eigenvalue weighted by Crippen LogP contribution is -1.96. The summed E-state index contributed by atoms with van der Waals surface area (Å²) in [6, 6.07) is 1.48. The Bertz CT molecular complexity index is 316. The summed E-state index contributed by atoms with van der Waals surface area (Å²) in [5, 5.41) is 0.644. The molecule has 0 aromatic carbocycles. The van der Waals surface area contributed by atoms with Gasteiger partial charge in [0.05, 0.1) is 0 Å². The van der Waals surface area contributed by atoms with Gasteiger partial charge in [0.25, 0.3) is 0 Å². The Morgan fingerprint density at radius 2 is 2.00 bits per heavy atom. The zero-order valence-electron chi connectivity index (χ0n) is 7.09. The highest BCUT2D eigenvalue weighted by molar-refractivity contribution is 6.33. The standard InChI is InChI=1S/C8H9Cl2N3/c1-2-5(4-11)8-12-6(9)3-7(10)13-8/h3-4H,2,11H2,1H3/b5-4-. The van der Waals surface area contributed by atoms with Crippen LogP contribution in [0.4, 0.5) is 0 Å². The van der Waals surface area contributed by atoms with Crippen molar-refractivity contribution >= 4 is 28.8 Å². The molecule has 1 aromatic rings. The lowest BCUT2D eigenvalue weighted by molar-refractivity contribution is 1.07. The number of hydrogen-bond acceptors (Lipinski definition) is 3. The molecule has 0 aliphatic carbocycles. The predicted molar refractivity (Wildman–Crippen MR) is 54.5 cm³/mol. The highest BCUT2D eigenvalue weighted by atomic mass is 35.5. The molecule has 1 aromatic heterocycles. The summed E-state index contributed by atoms with van der Waals surface area (Å²) < 4.78 is 0. The van der Waals surface area contributed by atoms with Gasteiger partial charge in [0, 0.05) is 17.8 Å². The van der Waals surface area contributed by atoms with Gasteiger partial charge in [-0.05, 0) is 6.42 Å².